The Morgan fingerprint density at radius 1 is 1.57 bits per heavy atom. The van der Waals surface area contributed by atoms with Crippen LogP contribution in [0.5, 0.6) is 0 Å². The minimum absolute atomic E-state index is 0.153. The topological polar surface area (TPSA) is 78.0 Å². The highest BCUT2D eigenvalue weighted by Crippen LogP contribution is 2.06. The van der Waals surface area contributed by atoms with Crippen molar-refractivity contribution in [1.29, 1.82) is 0 Å². The first-order chi connectivity index (χ1) is 6.38. The van der Waals surface area contributed by atoms with E-state index in [-0.39, 0.29) is 5.75 Å². The van der Waals surface area contributed by atoms with E-state index in [9.17, 15) is 8.42 Å². The molecule has 0 spiro atoms. The van der Waals surface area contributed by atoms with E-state index >= 15 is 0 Å². The summed E-state index contributed by atoms with van der Waals surface area (Å²) in [5.41, 5.74) is 0.640. The van der Waals surface area contributed by atoms with Crippen molar-refractivity contribution in [3.05, 3.63) is 18.0 Å². The van der Waals surface area contributed by atoms with Crippen LogP contribution in [0.25, 0.3) is 0 Å². The Morgan fingerprint density at radius 2 is 2.21 bits per heavy atom. The van der Waals surface area contributed by atoms with E-state index in [0.29, 0.717) is 18.2 Å². The number of rotatable bonds is 4. The predicted molar refractivity (Wildman–Crippen MR) is 53.9 cm³/mol. The van der Waals surface area contributed by atoms with Crippen LogP contribution in [0.15, 0.2) is 12.3 Å². The third kappa shape index (κ3) is 3.47. The van der Waals surface area contributed by atoms with E-state index in [4.69, 9.17) is 5.14 Å². The summed E-state index contributed by atoms with van der Waals surface area (Å²) in [6, 6.07) is 1.67. The maximum Gasteiger partial charge on any atom is 0.214 e. The largest absolute Gasteiger partial charge is 0.268 e. The summed E-state index contributed by atoms with van der Waals surface area (Å²) in [5.74, 6) is 0.272. The number of primary sulfonamides is 1. The monoisotopic (exact) mass is 217 g/mol. The van der Waals surface area contributed by atoms with E-state index in [1.807, 2.05) is 13.8 Å². The summed E-state index contributed by atoms with van der Waals surface area (Å²) in [5, 5.41) is 8.99. The van der Waals surface area contributed by atoms with Gasteiger partial charge >= 0.3 is 0 Å². The first-order valence-electron chi connectivity index (χ1n) is 4.39. The third-order valence-electron chi connectivity index (χ3n) is 1.69. The van der Waals surface area contributed by atoms with Gasteiger partial charge < -0.3 is 0 Å². The Hall–Kier alpha value is -0.880. The van der Waals surface area contributed by atoms with Gasteiger partial charge in [-0.2, -0.15) is 5.10 Å². The Balaban J connectivity index is 2.83. The van der Waals surface area contributed by atoms with Gasteiger partial charge in [-0.15, -0.1) is 0 Å². The molecule has 0 aliphatic heterocycles. The molecular formula is C8H15N3O2S. The second-order valence-corrected chi connectivity index (χ2v) is 5.32. The smallest absolute Gasteiger partial charge is 0.214 e. The van der Waals surface area contributed by atoms with E-state index in [2.05, 4.69) is 5.10 Å². The van der Waals surface area contributed by atoms with Crippen molar-refractivity contribution in [2.75, 3.05) is 0 Å². The summed E-state index contributed by atoms with van der Waals surface area (Å²) in [4.78, 5) is 0. The van der Waals surface area contributed by atoms with Gasteiger partial charge in [-0.3, -0.25) is 4.68 Å². The average molecular weight is 217 g/mol. The maximum absolute atomic E-state index is 10.9. The van der Waals surface area contributed by atoms with Gasteiger partial charge in [0.2, 0.25) is 10.0 Å². The Bertz CT molecular complexity index is 394. The lowest BCUT2D eigenvalue weighted by Gasteiger charge is -2.08. The highest BCUT2D eigenvalue weighted by molar-refractivity contribution is 7.88. The summed E-state index contributed by atoms with van der Waals surface area (Å²) in [7, 11) is -3.47. The molecule has 0 aromatic carbocycles. The fraction of sp³-hybridized carbons (Fsp3) is 0.625. The number of aromatic nitrogens is 2. The van der Waals surface area contributed by atoms with Gasteiger partial charge in [-0.1, -0.05) is 13.8 Å². The standard InChI is InChI=1S/C8H15N3O2S/c1-7(2)5-11-8(3-4-10-11)6-14(9,12)13/h3-4,7H,5-6H2,1-2H3,(H2,9,12,13). The molecule has 5 nitrogen and oxygen atoms in total. The van der Waals surface area contributed by atoms with Gasteiger partial charge in [0, 0.05) is 12.7 Å². The van der Waals surface area contributed by atoms with Crippen LogP contribution >= 0.6 is 0 Å². The second-order valence-electron chi connectivity index (χ2n) is 3.71. The van der Waals surface area contributed by atoms with Crippen LogP contribution in [-0.4, -0.2) is 18.2 Å². The summed E-state index contributed by atoms with van der Waals surface area (Å²) < 4.78 is 23.4. The lowest BCUT2D eigenvalue weighted by molar-refractivity contribution is 0.472. The van der Waals surface area contributed by atoms with Gasteiger partial charge in [0.25, 0.3) is 0 Å². The fourth-order valence-corrected chi connectivity index (χ4v) is 1.86. The van der Waals surface area contributed by atoms with Crippen molar-refractivity contribution in [3.8, 4) is 0 Å². The Morgan fingerprint density at radius 3 is 2.71 bits per heavy atom. The third-order valence-corrected chi connectivity index (χ3v) is 2.39. The number of hydrogen-bond donors (Lipinski definition) is 1. The summed E-state index contributed by atoms with van der Waals surface area (Å²) >= 11 is 0. The van der Waals surface area contributed by atoms with Crippen LogP contribution in [0.4, 0.5) is 0 Å². The molecule has 0 atom stereocenters. The molecule has 1 aromatic rings. The molecule has 1 heterocycles. The van der Waals surface area contributed by atoms with Crippen molar-refractivity contribution < 1.29 is 8.42 Å². The van der Waals surface area contributed by atoms with Crippen molar-refractivity contribution in [3.63, 3.8) is 0 Å². The number of nitrogens with zero attached hydrogens (tertiary/aromatic N) is 2. The van der Waals surface area contributed by atoms with E-state index in [0.717, 1.165) is 0 Å². The number of hydrogen-bond acceptors (Lipinski definition) is 3. The highest BCUT2D eigenvalue weighted by atomic mass is 32.2. The Kier molecular flexibility index (Phi) is 3.28. The molecule has 0 saturated heterocycles. The van der Waals surface area contributed by atoms with Crippen LogP contribution in [0.2, 0.25) is 0 Å². The van der Waals surface area contributed by atoms with Gasteiger partial charge in [-0.05, 0) is 12.0 Å². The van der Waals surface area contributed by atoms with Crippen molar-refractivity contribution in [2.45, 2.75) is 26.1 Å². The van der Waals surface area contributed by atoms with Gasteiger partial charge in [0.05, 0.1) is 5.69 Å². The van der Waals surface area contributed by atoms with E-state index < -0.39 is 10.0 Å². The quantitative estimate of drug-likeness (QED) is 0.789. The molecule has 0 saturated carbocycles. The second kappa shape index (κ2) is 4.10. The molecule has 2 N–H and O–H groups in total. The number of sulfonamides is 1. The molecule has 80 valence electrons. The van der Waals surface area contributed by atoms with Crippen LogP contribution in [-0.2, 0) is 22.3 Å². The average Bonchev–Trinajstić information content (AvgIpc) is 2.32. The minimum atomic E-state index is -3.47. The molecule has 1 aromatic heterocycles. The molecule has 0 radical (unpaired) electrons. The van der Waals surface area contributed by atoms with Crippen LogP contribution < -0.4 is 5.14 Å². The fourth-order valence-electron chi connectivity index (χ4n) is 1.20. The van der Waals surface area contributed by atoms with Gasteiger partial charge in [0.15, 0.2) is 0 Å². The maximum atomic E-state index is 10.9. The zero-order chi connectivity index (χ0) is 10.8. The molecular weight excluding hydrogens is 202 g/mol. The lowest BCUT2D eigenvalue weighted by atomic mass is 10.2. The van der Waals surface area contributed by atoms with Crippen molar-refractivity contribution in [2.24, 2.45) is 11.1 Å². The SMILES string of the molecule is CC(C)Cn1nccc1CS(N)(=O)=O. The predicted octanol–water partition coefficient (Wildman–Crippen LogP) is 0.328. The molecule has 1 rings (SSSR count). The summed E-state index contributed by atoms with van der Waals surface area (Å²) in [6.45, 7) is 4.79. The molecule has 0 aliphatic rings. The molecule has 14 heavy (non-hydrogen) atoms. The zero-order valence-corrected chi connectivity index (χ0v) is 9.16. The minimum Gasteiger partial charge on any atom is -0.268 e. The molecule has 0 amide bonds. The normalized spacial score (nSPS) is 12.3. The van der Waals surface area contributed by atoms with Crippen LogP contribution in [0.1, 0.15) is 19.5 Å². The number of nitrogens with two attached hydrogens (primary N) is 1. The molecule has 0 fully saturated rings. The van der Waals surface area contributed by atoms with Crippen molar-refractivity contribution in [1.82, 2.24) is 9.78 Å². The summed E-state index contributed by atoms with van der Waals surface area (Å²) in [6.07, 6.45) is 1.59. The first kappa shape index (κ1) is 11.2. The zero-order valence-electron chi connectivity index (χ0n) is 8.34. The van der Waals surface area contributed by atoms with Gasteiger partial charge in [-0.25, -0.2) is 13.6 Å². The van der Waals surface area contributed by atoms with Crippen molar-refractivity contribution >= 4 is 10.0 Å². The highest BCUT2D eigenvalue weighted by Gasteiger charge is 2.10. The van der Waals surface area contributed by atoms with Crippen LogP contribution in [0, 0.1) is 5.92 Å². The van der Waals surface area contributed by atoms with Crippen LogP contribution in [0.3, 0.4) is 0 Å². The molecule has 0 bridgehead atoms. The van der Waals surface area contributed by atoms with E-state index in [1.165, 1.54) is 0 Å². The molecule has 0 aliphatic carbocycles. The lowest BCUT2D eigenvalue weighted by Crippen LogP contribution is -2.18. The Labute approximate surface area is 84.0 Å². The van der Waals surface area contributed by atoms with Gasteiger partial charge in [0.1, 0.15) is 5.75 Å². The molecule has 0 unspecified atom stereocenters. The molecule has 6 heteroatoms. The first-order valence-corrected chi connectivity index (χ1v) is 6.11. The van der Waals surface area contributed by atoms with E-state index in [1.54, 1.807) is 16.9 Å².